The average molecular weight is 485 g/mol. The number of nitro groups is 1. The van der Waals surface area contributed by atoms with Crippen LogP contribution in [0, 0.1) is 21.4 Å². The zero-order valence-corrected chi connectivity index (χ0v) is 19.7. The van der Waals surface area contributed by atoms with Gasteiger partial charge in [0, 0.05) is 27.8 Å². The number of ether oxygens (including phenoxy) is 2. The van der Waals surface area contributed by atoms with Crippen LogP contribution in [0.2, 0.25) is 0 Å². The van der Waals surface area contributed by atoms with Gasteiger partial charge >= 0.3 is 0 Å². The molecule has 0 saturated carbocycles. The van der Waals surface area contributed by atoms with E-state index >= 15 is 0 Å². The summed E-state index contributed by atoms with van der Waals surface area (Å²) >= 11 is 0. The first-order chi connectivity index (χ1) is 17.4. The second kappa shape index (κ2) is 8.98. The van der Waals surface area contributed by atoms with Crippen LogP contribution in [-0.2, 0) is 16.9 Å². The van der Waals surface area contributed by atoms with Crippen molar-refractivity contribution in [2.45, 2.75) is 37.1 Å². The lowest BCUT2D eigenvalue weighted by Crippen LogP contribution is -2.54. The highest BCUT2D eigenvalue weighted by atomic mass is 16.6. The maximum Gasteiger partial charge on any atom is 0.256 e. The third-order valence-electron chi connectivity index (χ3n) is 7.06. The minimum atomic E-state index is -1.48. The van der Waals surface area contributed by atoms with E-state index < -0.39 is 23.4 Å². The summed E-state index contributed by atoms with van der Waals surface area (Å²) in [6, 6.07) is 19.9. The van der Waals surface area contributed by atoms with Crippen molar-refractivity contribution in [3.63, 3.8) is 0 Å². The molecule has 182 valence electrons. The van der Waals surface area contributed by atoms with E-state index in [9.17, 15) is 20.2 Å². The minimum Gasteiger partial charge on any atom is -0.493 e. The second-order valence-corrected chi connectivity index (χ2v) is 8.96. The number of carbonyl (C=O) groups excluding carboxylic acids is 1. The number of hydrogen-bond donors (Lipinski definition) is 2. The van der Waals surface area contributed by atoms with Crippen molar-refractivity contribution in [2.24, 2.45) is 0 Å². The van der Waals surface area contributed by atoms with Crippen molar-refractivity contribution >= 4 is 11.6 Å². The van der Waals surface area contributed by atoms with Crippen LogP contribution in [0.1, 0.15) is 35.1 Å². The molecule has 9 heteroatoms. The molecular formula is C27H24N4O5. The second-order valence-electron chi connectivity index (χ2n) is 8.96. The Bertz CT molecular complexity index is 1400. The summed E-state index contributed by atoms with van der Waals surface area (Å²) in [7, 11) is 1.50. The van der Waals surface area contributed by atoms with Gasteiger partial charge in [0.1, 0.15) is 6.61 Å². The molecule has 1 fully saturated rings. The van der Waals surface area contributed by atoms with E-state index in [1.807, 2.05) is 19.1 Å². The van der Waals surface area contributed by atoms with Gasteiger partial charge in [0.25, 0.3) is 11.9 Å². The number of methoxy groups -OCH3 is 1. The molecule has 0 unspecified atom stereocenters. The summed E-state index contributed by atoms with van der Waals surface area (Å²) in [5.41, 5.74) is 1.59. The molecule has 4 atom stereocenters. The number of carbonyl (C=O) groups is 1. The summed E-state index contributed by atoms with van der Waals surface area (Å²) in [6.45, 7) is 2.01. The van der Waals surface area contributed by atoms with E-state index in [0.717, 1.165) is 5.56 Å². The summed E-state index contributed by atoms with van der Waals surface area (Å²) in [5.74, 6) is -0.181. The molecule has 0 aliphatic carbocycles. The van der Waals surface area contributed by atoms with Crippen LogP contribution in [-0.4, -0.2) is 30.0 Å². The molecule has 1 amide bonds. The first-order valence-corrected chi connectivity index (χ1v) is 11.5. The van der Waals surface area contributed by atoms with Gasteiger partial charge in [0.05, 0.1) is 24.7 Å². The van der Waals surface area contributed by atoms with Crippen LogP contribution >= 0.6 is 0 Å². The van der Waals surface area contributed by atoms with Gasteiger partial charge in [-0.1, -0.05) is 42.5 Å². The van der Waals surface area contributed by atoms with E-state index in [1.54, 1.807) is 54.6 Å². The molecule has 1 saturated heterocycles. The van der Waals surface area contributed by atoms with E-state index in [-0.39, 0.29) is 17.6 Å². The van der Waals surface area contributed by atoms with E-state index in [1.165, 1.54) is 7.11 Å². The van der Waals surface area contributed by atoms with Crippen molar-refractivity contribution in [1.82, 2.24) is 5.32 Å². The third kappa shape index (κ3) is 3.54. The van der Waals surface area contributed by atoms with Crippen molar-refractivity contribution in [3.8, 4) is 17.6 Å². The number of nitrogens with one attached hydrogen (secondary N) is 2. The lowest BCUT2D eigenvalue weighted by atomic mass is 9.78. The van der Waals surface area contributed by atoms with Gasteiger partial charge in [-0.05, 0) is 36.8 Å². The zero-order chi connectivity index (χ0) is 25.4. The Hall–Kier alpha value is -4.42. The van der Waals surface area contributed by atoms with Crippen LogP contribution in [0.25, 0.3) is 0 Å². The average Bonchev–Trinajstić information content (AvgIpc) is 3.36. The zero-order valence-electron chi connectivity index (χ0n) is 19.7. The molecule has 1 spiro atoms. The van der Waals surface area contributed by atoms with Gasteiger partial charge in [-0.15, -0.1) is 0 Å². The summed E-state index contributed by atoms with van der Waals surface area (Å²) < 4.78 is 11.5. The molecule has 0 bridgehead atoms. The van der Waals surface area contributed by atoms with Gasteiger partial charge in [-0.2, -0.15) is 5.26 Å². The molecule has 0 radical (unpaired) electrons. The Morgan fingerprint density at radius 2 is 1.86 bits per heavy atom. The molecule has 5 rings (SSSR count). The molecule has 9 nitrogen and oxygen atoms in total. The van der Waals surface area contributed by atoms with Crippen LogP contribution in [0.5, 0.6) is 11.5 Å². The Kier molecular flexibility index (Phi) is 5.82. The van der Waals surface area contributed by atoms with Crippen LogP contribution in [0.15, 0.2) is 66.7 Å². The Balaban J connectivity index is 1.49. The number of amides is 1. The molecule has 2 aliphatic rings. The first-order valence-electron chi connectivity index (χ1n) is 11.5. The van der Waals surface area contributed by atoms with Gasteiger partial charge in [0.15, 0.2) is 17.0 Å². The van der Waals surface area contributed by atoms with Crippen molar-refractivity contribution in [2.75, 3.05) is 12.4 Å². The highest BCUT2D eigenvalue weighted by Crippen LogP contribution is 2.50. The van der Waals surface area contributed by atoms with Crippen molar-refractivity contribution < 1.29 is 19.2 Å². The molecule has 2 heterocycles. The number of nitriles is 1. The monoisotopic (exact) mass is 484 g/mol. The van der Waals surface area contributed by atoms with Gasteiger partial charge in [-0.25, -0.2) is 0 Å². The molecule has 2 aliphatic heterocycles. The molecule has 36 heavy (non-hydrogen) atoms. The van der Waals surface area contributed by atoms with E-state index in [4.69, 9.17) is 9.47 Å². The summed E-state index contributed by atoms with van der Waals surface area (Å²) in [4.78, 5) is 25.3. The van der Waals surface area contributed by atoms with Crippen LogP contribution in [0.4, 0.5) is 5.69 Å². The van der Waals surface area contributed by atoms with E-state index in [2.05, 4.69) is 16.7 Å². The SMILES string of the molecule is COc1cc([C@@H]2[C@H](C)N[C@]3(C(=O)Nc4ccccc43)[C@@H]2[N+](=O)[O-])ccc1OCc1ccccc1C#N. The Morgan fingerprint density at radius 3 is 2.61 bits per heavy atom. The maximum atomic E-state index is 13.2. The number of benzene rings is 3. The number of rotatable bonds is 6. The standard InChI is InChI=1S/C27H24N4O5/c1-16-24(25(31(33)34)27(30-16)20-9-5-6-10-21(20)29-26(27)32)17-11-12-22(23(13-17)35-2)36-15-19-8-4-3-7-18(19)14-28/h3-13,16,24-25,30H,15H2,1-2H3,(H,29,32)/t16-,24-,25+,27-/m0/s1. The number of fused-ring (bicyclic) bond motifs is 2. The smallest absolute Gasteiger partial charge is 0.256 e. The van der Waals surface area contributed by atoms with Gasteiger partial charge in [-0.3, -0.25) is 20.2 Å². The Morgan fingerprint density at radius 1 is 1.11 bits per heavy atom. The quantitative estimate of drug-likeness (QED) is 0.403. The predicted octanol–water partition coefficient (Wildman–Crippen LogP) is 3.71. The molecule has 3 aromatic rings. The van der Waals surface area contributed by atoms with Gasteiger partial charge < -0.3 is 14.8 Å². The normalized spacial score (nSPS) is 24.1. The number of hydrogen-bond acceptors (Lipinski definition) is 7. The van der Waals surface area contributed by atoms with Crippen LogP contribution < -0.4 is 20.1 Å². The lowest BCUT2D eigenvalue weighted by Gasteiger charge is -2.25. The summed E-state index contributed by atoms with van der Waals surface area (Å²) in [6.07, 6.45) is 0. The molecule has 2 N–H and O–H groups in total. The van der Waals surface area contributed by atoms with Crippen molar-refractivity contribution in [3.05, 3.63) is 99.1 Å². The fourth-order valence-electron chi connectivity index (χ4n) is 5.47. The lowest BCUT2D eigenvalue weighted by molar-refractivity contribution is -0.532. The highest BCUT2D eigenvalue weighted by Gasteiger charge is 2.67. The Labute approximate surface area is 207 Å². The maximum absolute atomic E-state index is 13.2. The fraction of sp³-hybridized carbons (Fsp3) is 0.259. The topological polar surface area (TPSA) is 127 Å². The molecular weight excluding hydrogens is 460 g/mol. The fourth-order valence-corrected chi connectivity index (χ4v) is 5.47. The molecule has 3 aromatic carbocycles. The van der Waals surface area contributed by atoms with Crippen LogP contribution in [0.3, 0.4) is 0 Å². The predicted molar refractivity (Wildman–Crippen MR) is 131 cm³/mol. The highest BCUT2D eigenvalue weighted by molar-refractivity contribution is 6.07. The summed E-state index contributed by atoms with van der Waals surface area (Å²) in [5, 5.41) is 27.9. The molecule has 0 aromatic heterocycles. The third-order valence-corrected chi connectivity index (χ3v) is 7.06. The minimum absolute atomic E-state index is 0.165. The number of anilines is 1. The number of nitrogens with zero attached hydrogens (tertiary/aromatic N) is 2. The number of para-hydroxylation sites is 1. The first kappa shape index (κ1) is 23.3. The van der Waals surface area contributed by atoms with Crippen molar-refractivity contribution in [1.29, 1.82) is 5.26 Å². The van der Waals surface area contributed by atoms with E-state index in [0.29, 0.717) is 33.9 Å². The van der Waals surface area contributed by atoms with Gasteiger partial charge in [0.2, 0.25) is 0 Å². The largest absolute Gasteiger partial charge is 0.493 e.